The maximum absolute atomic E-state index is 13.0. The molecule has 0 N–H and O–H groups in total. The molecule has 4 rings (SSSR count). The van der Waals surface area contributed by atoms with Gasteiger partial charge in [0.15, 0.2) is 4.32 Å². The molecule has 3 aromatic carbocycles. The average molecular weight is 561 g/mol. The molecular weight excluding hydrogens is 542 g/mol. The zero-order chi connectivity index (χ0) is 23.4. The molecule has 168 valence electrons. The number of hydrogen-bond acceptors (Lipinski definition) is 5. The average Bonchev–Trinajstić information content (AvgIpc) is 3.08. The minimum Gasteiger partial charge on any atom is -0.494 e. The molecule has 0 atom stereocenters. The van der Waals surface area contributed by atoms with E-state index < -0.39 is 0 Å². The Morgan fingerprint density at radius 3 is 2.45 bits per heavy atom. The van der Waals surface area contributed by atoms with E-state index >= 15 is 0 Å². The topological polar surface area (TPSA) is 38.8 Å². The van der Waals surface area contributed by atoms with Gasteiger partial charge in [0.25, 0.3) is 5.91 Å². The van der Waals surface area contributed by atoms with E-state index in [2.05, 4.69) is 15.9 Å². The van der Waals surface area contributed by atoms with Crippen LogP contribution in [0, 0.1) is 0 Å². The Morgan fingerprint density at radius 2 is 1.79 bits per heavy atom. The van der Waals surface area contributed by atoms with E-state index in [0.29, 0.717) is 33.2 Å². The molecule has 0 radical (unpaired) electrons. The predicted octanol–water partition coefficient (Wildman–Crippen LogP) is 7.49. The van der Waals surface area contributed by atoms with Crippen molar-refractivity contribution in [1.82, 2.24) is 0 Å². The predicted molar refractivity (Wildman–Crippen MR) is 143 cm³/mol. The second-order valence-corrected chi connectivity index (χ2v) is 10.0. The normalized spacial score (nSPS) is 14.8. The van der Waals surface area contributed by atoms with Gasteiger partial charge in [-0.25, -0.2) is 0 Å². The van der Waals surface area contributed by atoms with Crippen LogP contribution in [0.3, 0.4) is 0 Å². The van der Waals surface area contributed by atoms with Gasteiger partial charge in [0, 0.05) is 5.02 Å². The van der Waals surface area contributed by atoms with Crippen molar-refractivity contribution >= 4 is 73.5 Å². The van der Waals surface area contributed by atoms with Gasteiger partial charge in [-0.2, -0.15) is 0 Å². The van der Waals surface area contributed by atoms with E-state index in [0.717, 1.165) is 27.0 Å². The molecule has 1 fully saturated rings. The molecule has 1 amide bonds. The summed E-state index contributed by atoms with van der Waals surface area (Å²) >= 11 is 16.2. The summed E-state index contributed by atoms with van der Waals surface area (Å²) in [4.78, 5) is 15.1. The first-order valence-corrected chi connectivity index (χ1v) is 12.5. The molecule has 0 bridgehead atoms. The molecule has 0 aromatic heterocycles. The number of thioether (sulfide) groups is 1. The van der Waals surface area contributed by atoms with Crippen LogP contribution in [0.5, 0.6) is 11.5 Å². The third-order valence-electron chi connectivity index (χ3n) is 4.76. The van der Waals surface area contributed by atoms with Crippen molar-refractivity contribution in [1.29, 1.82) is 0 Å². The Labute approximate surface area is 215 Å². The fourth-order valence-electron chi connectivity index (χ4n) is 3.17. The monoisotopic (exact) mass is 559 g/mol. The van der Waals surface area contributed by atoms with Crippen LogP contribution >= 0.6 is 51.5 Å². The van der Waals surface area contributed by atoms with Crippen molar-refractivity contribution in [2.24, 2.45) is 0 Å². The molecular formula is C25H19BrClNO3S2. The number of ether oxygens (including phenoxy) is 2. The lowest BCUT2D eigenvalue weighted by Crippen LogP contribution is -2.27. The number of anilines is 1. The van der Waals surface area contributed by atoms with Gasteiger partial charge in [0.05, 0.1) is 21.7 Å². The third kappa shape index (κ3) is 5.79. The zero-order valence-electron chi connectivity index (χ0n) is 17.6. The Bertz CT molecular complexity index is 1210. The minimum atomic E-state index is -0.145. The smallest absolute Gasteiger partial charge is 0.270 e. The van der Waals surface area contributed by atoms with Crippen LogP contribution in [-0.4, -0.2) is 16.8 Å². The van der Waals surface area contributed by atoms with Crippen molar-refractivity contribution in [2.75, 3.05) is 11.5 Å². The highest BCUT2D eigenvalue weighted by Gasteiger charge is 2.33. The molecule has 1 aliphatic heterocycles. The first-order valence-electron chi connectivity index (χ1n) is 10.1. The summed E-state index contributed by atoms with van der Waals surface area (Å²) < 4.78 is 12.7. The van der Waals surface area contributed by atoms with Crippen molar-refractivity contribution in [3.05, 3.63) is 92.3 Å². The van der Waals surface area contributed by atoms with E-state index in [1.54, 1.807) is 4.90 Å². The lowest BCUT2D eigenvalue weighted by molar-refractivity contribution is -0.113. The number of hydrogen-bond donors (Lipinski definition) is 0. The number of carbonyl (C=O) groups excluding carboxylic acids is 1. The van der Waals surface area contributed by atoms with E-state index in [4.69, 9.17) is 33.3 Å². The Kier molecular flexibility index (Phi) is 7.75. The largest absolute Gasteiger partial charge is 0.494 e. The van der Waals surface area contributed by atoms with Crippen molar-refractivity contribution in [3.8, 4) is 11.5 Å². The Hall–Kier alpha value is -2.32. The van der Waals surface area contributed by atoms with Crippen LogP contribution in [-0.2, 0) is 11.4 Å². The second kappa shape index (κ2) is 10.7. The Balaban J connectivity index is 1.47. The quantitative estimate of drug-likeness (QED) is 0.221. The first-order chi connectivity index (χ1) is 15.9. The van der Waals surface area contributed by atoms with Crippen molar-refractivity contribution < 1.29 is 14.3 Å². The van der Waals surface area contributed by atoms with Crippen LogP contribution in [0.15, 0.2) is 76.1 Å². The summed E-state index contributed by atoms with van der Waals surface area (Å²) in [6.07, 6.45) is 1.83. The zero-order valence-corrected chi connectivity index (χ0v) is 21.6. The lowest BCUT2D eigenvalue weighted by Gasteiger charge is -2.15. The Morgan fingerprint density at radius 1 is 1.06 bits per heavy atom. The maximum Gasteiger partial charge on any atom is 0.270 e. The lowest BCUT2D eigenvalue weighted by atomic mass is 10.2. The fraction of sp³-hybridized carbons (Fsp3) is 0.120. The molecule has 1 saturated heterocycles. The number of amides is 1. The van der Waals surface area contributed by atoms with E-state index in [1.807, 2.05) is 79.7 Å². The number of nitrogens with zero attached hydrogens (tertiary/aromatic N) is 1. The minimum absolute atomic E-state index is 0.145. The van der Waals surface area contributed by atoms with Crippen LogP contribution in [0.2, 0.25) is 5.02 Å². The molecule has 0 unspecified atom stereocenters. The summed E-state index contributed by atoms with van der Waals surface area (Å²) in [5, 5.41) is 0.692. The van der Waals surface area contributed by atoms with E-state index in [1.165, 1.54) is 11.8 Å². The molecule has 3 aromatic rings. The highest BCUT2D eigenvalue weighted by Crippen LogP contribution is 2.37. The van der Waals surface area contributed by atoms with Crippen LogP contribution < -0.4 is 14.4 Å². The van der Waals surface area contributed by atoms with Gasteiger partial charge in [-0.15, -0.1) is 0 Å². The maximum atomic E-state index is 13.0. The van der Waals surface area contributed by atoms with Gasteiger partial charge < -0.3 is 9.47 Å². The summed E-state index contributed by atoms with van der Waals surface area (Å²) in [5.41, 5.74) is 2.61. The molecule has 1 heterocycles. The number of halogens is 2. The first kappa shape index (κ1) is 23.8. The molecule has 8 heteroatoms. The van der Waals surface area contributed by atoms with Gasteiger partial charge in [0.1, 0.15) is 18.1 Å². The van der Waals surface area contributed by atoms with E-state index in [9.17, 15) is 4.79 Å². The number of carbonyl (C=O) groups is 1. The molecule has 0 aliphatic carbocycles. The SMILES string of the molecule is CCOc1ccc(N2C(=O)/C(=C\c3ccc(OCc4ccc(Cl)cc4)c(Br)c3)SC2=S)cc1. The van der Waals surface area contributed by atoms with Crippen molar-refractivity contribution in [2.45, 2.75) is 13.5 Å². The fourth-order valence-corrected chi connectivity index (χ4v) is 5.10. The number of rotatable bonds is 7. The highest BCUT2D eigenvalue weighted by atomic mass is 79.9. The molecule has 0 saturated carbocycles. The van der Waals surface area contributed by atoms with Gasteiger partial charge in [-0.3, -0.25) is 9.69 Å². The standard InChI is InChI=1S/C25H19BrClNO3S2/c1-2-30-20-10-8-19(9-11-20)28-24(29)23(33-25(28)32)14-17-5-12-22(21(26)13-17)31-15-16-3-6-18(27)7-4-16/h3-14H,2,15H2,1H3/b23-14+. The molecule has 4 nitrogen and oxygen atoms in total. The molecule has 0 spiro atoms. The summed E-state index contributed by atoms with van der Waals surface area (Å²) in [7, 11) is 0. The van der Waals surface area contributed by atoms with Gasteiger partial charge >= 0.3 is 0 Å². The molecule has 1 aliphatic rings. The van der Waals surface area contributed by atoms with Crippen LogP contribution in [0.25, 0.3) is 6.08 Å². The summed E-state index contributed by atoms with van der Waals surface area (Å²) in [6.45, 7) is 2.94. The van der Waals surface area contributed by atoms with E-state index in [-0.39, 0.29) is 5.91 Å². The summed E-state index contributed by atoms with van der Waals surface area (Å²) in [5.74, 6) is 1.32. The molecule has 33 heavy (non-hydrogen) atoms. The second-order valence-electron chi connectivity index (χ2n) is 7.05. The van der Waals surface area contributed by atoms with Crippen molar-refractivity contribution in [3.63, 3.8) is 0 Å². The van der Waals surface area contributed by atoms with Gasteiger partial charge in [0.2, 0.25) is 0 Å². The van der Waals surface area contributed by atoms with Crippen LogP contribution in [0.1, 0.15) is 18.1 Å². The van der Waals surface area contributed by atoms with Gasteiger partial charge in [-0.05, 0) is 88.6 Å². The summed E-state index contributed by atoms with van der Waals surface area (Å²) in [6, 6.07) is 20.6. The van der Waals surface area contributed by atoms with Crippen LogP contribution in [0.4, 0.5) is 5.69 Å². The van der Waals surface area contributed by atoms with Gasteiger partial charge in [-0.1, -0.05) is 53.8 Å². The number of benzene rings is 3. The highest BCUT2D eigenvalue weighted by molar-refractivity contribution is 9.10. The number of thiocarbonyl (C=S) groups is 1. The third-order valence-corrected chi connectivity index (χ3v) is 6.93.